The van der Waals surface area contributed by atoms with E-state index in [-0.39, 0.29) is 5.69 Å². The summed E-state index contributed by atoms with van der Waals surface area (Å²) in [7, 11) is 0. The number of anilines is 1. The van der Waals surface area contributed by atoms with E-state index in [0.717, 1.165) is 0 Å². The monoisotopic (exact) mass is 211 g/mol. The molecule has 0 spiro atoms. The van der Waals surface area contributed by atoms with Gasteiger partial charge in [-0.1, -0.05) is 12.1 Å². The average molecular weight is 211 g/mol. The number of benzene rings is 1. The quantitative estimate of drug-likeness (QED) is 0.744. The third kappa shape index (κ3) is 2.77. The highest BCUT2D eigenvalue weighted by atomic mass is 19.1. The summed E-state index contributed by atoms with van der Waals surface area (Å²) in [6.07, 6.45) is 0. The van der Waals surface area contributed by atoms with E-state index in [4.69, 9.17) is 5.11 Å². The summed E-state index contributed by atoms with van der Waals surface area (Å²) in [4.78, 5) is 21.7. The van der Waals surface area contributed by atoms with Crippen molar-refractivity contribution >= 4 is 17.6 Å². The number of hydrogen-bond acceptors (Lipinski definition) is 2. The fourth-order valence-electron chi connectivity index (χ4n) is 0.916. The van der Waals surface area contributed by atoms with Crippen molar-refractivity contribution in [2.75, 3.05) is 5.32 Å². The first kappa shape index (κ1) is 11.2. The van der Waals surface area contributed by atoms with Gasteiger partial charge in [0.25, 0.3) is 0 Å². The van der Waals surface area contributed by atoms with Crippen LogP contribution in [0.25, 0.3) is 0 Å². The van der Waals surface area contributed by atoms with E-state index < -0.39 is 23.6 Å². The second-order valence-corrected chi connectivity index (χ2v) is 3.03. The zero-order valence-corrected chi connectivity index (χ0v) is 8.03. The van der Waals surface area contributed by atoms with Gasteiger partial charge >= 0.3 is 5.97 Å². The first-order chi connectivity index (χ1) is 7.02. The Kier molecular flexibility index (Phi) is 3.38. The van der Waals surface area contributed by atoms with Gasteiger partial charge in [-0.15, -0.1) is 0 Å². The molecule has 1 aromatic rings. The van der Waals surface area contributed by atoms with Gasteiger partial charge in [0.05, 0.1) is 5.69 Å². The van der Waals surface area contributed by atoms with Crippen LogP contribution in [0.4, 0.5) is 10.1 Å². The van der Waals surface area contributed by atoms with Crippen LogP contribution in [0.15, 0.2) is 24.3 Å². The molecule has 1 rings (SSSR count). The molecule has 5 heteroatoms. The average Bonchev–Trinajstić information content (AvgIpc) is 2.20. The molecule has 1 unspecified atom stereocenters. The van der Waals surface area contributed by atoms with Gasteiger partial charge in [-0.05, 0) is 19.1 Å². The predicted molar refractivity (Wildman–Crippen MR) is 51.8 cm³/mol. The molecule has 0 heterocycles. The zero-order valence-electron chi connectivity index (χ0n) is 8.03. The number of aliphatic carboxylic acids is 1. The molecule has 80 valence electrons. The number of halogens is 1. The molecule has 1 aromatic carbocycles. The van der Waals surface area contributed by atoms with Crippen molar-refractivity contribution in [2.24, 2.45) is 5.92 Å². The number of carboxylic acid groups (broad SMARTS) is 1. The first-order valence-corrected chi connectivity index (χ1v) is 4.30. The topological polar surface area (TPSA) is 66.4 Å². The van der Waals surface area contributed by atoms with Crippen molar-refractivity contribution in [3.63, 3.8) is 0 Å². The lowest BCUT2D eigenvalue weighted by Crippen LogP contribution is -2.27. The van der Waals surface area contributed by atoms with E-state index in [1.165, 1.54) is 25.1 Å². The lowest BCUT2D eigenvalue weighted by Gasteiger charge is -2.08. The van der Waals surface area contributed by atoms with Crippen molar-refractivity contribution in [1.29, 1.82) is 0 Å². The minimum atomic E-state index is -1.25. The molecule has 15 heavy (non-hydrogen) atoms. The van der Waals surface area contributed by atoms with Crippen LogP contribution in [-0.2, 0) is 9.59 Å². The maximum atomic E-state index is 13.1. The summed E-state index contributed by atoms with van der Waals surface area (Å²) in [5.74, 6) is -3.79. The molecule has 0 aliphatic carbocycles. The Balaban J connectivity index is 2.75. The number of nitrogens with one attached hydrogen (secondary N) is 1. The fraction of sp³-hybridized carbons (Fsp3) is 0.200. The molecular weight excluding hydrogens is 201 g/mol. The van der Waals surface area contributed by atoms with Crippen LogP contribution >= 0.6 is 0 Å². The number of carbonyl (C=O) groups excluding carboxylic acids is 1. The highest BCUT2D eigenvalue weighted by Crippen LogP contribution is 2.13. The molecule has 4 nitrogen and oxygen atoms in total. The summed E-state index contributed by atoms with van der Waals surface area (Å²) in [5, 5.41) is 10.7. The molecule has 0 fully saturated rings. The van der Waals surface area contributed by atoms with Crippen LogP contribution in [0, 0.1) is 11.7 Å². The predicted octanol–water partition coefficient (Wildman–Crippen LogP) is 1.48. The minimum absolute atomic E-state index is 0.0180. The minimum Gasteiger partial charge on any atom is -0.481 e. The van der Waals surface area contributed by atoms with Crippen LogP contribution in [-0.4, -0.2) is 17.0 Å². The standard InChI is InChI=1S/C10H10FNO3/c1-6(10(14)15)9(13)12-8-5-3-2-4-7(8)11/h2-6H,1H3,(H,12,13)(H,14,15). The molecule has 0 aliphatic heterocycles. The summed E-state index contributed by atoms with van der Waals surface area (Å²) >= 11 is 0. The molecule has 1 amide bonds. The van der Waals surface area contributed by atoms with Gasteiger partial charge in [0.15, 0.2) is 0 Å². The summed E-state index contributed by atoms with van der Waals surface area (Å²) < 4.78 is 13.1. The number of rotatable bonds is 3. The van der Waals surface area contributed by atoms with E-state index >= 15 is 0 Å². The zero-order chi connectivity index (χ0) is 11.4. The maximum Gasteiger partial charge on any atom is 0.315 e. The van der Waals surface area contributed by atoms with Gasteiger partial charge in [-0.3, -0.25) is 9.59 Å². The number of amides is 1. The SMILES string of the molecule is CC(C(=O)O)C(=O)Nc1ccccc1F. The molecule has 1 atom stereocenters. The van der Waals surface area contributed by atoms with Crippen LogP contribution in [0.3, 0.4) is 0 Å². The van der Waals surface area contributed by atoms with Gasteiger partial charge < -0.3 is 10.4 Å². The van der Waals surface area contributed by atoms with Crippen molar-refractivity contribution in [2.45, 2.75) is 6.92 Å². The van der Waals surface area contributed by atoms with Crippen LogP contribution in [0.2, 0.25) is 0 Å². The number of carbonyl (C=O) groups is 2. The highest BCUT2D eigenvalue weighted by molar-refractivity contribution is 6.03. The molecule has 0 radical (unpaired) electrons. The number of para-hydroxylation sites is 1. The van der Waals surface area contributed by atoms with Gasteiger partial charge in [-0.2, -0.15) is 0 Å². The Hall–Kier alpha value is -1.91. The van der Waals surface area contributed by atoms with Crippen LogP contribution < -0.4 is 5.32 Å². The van der Waals surface area contributed by atoms with Crippen LogP contribution in [0.5, 0.6) is 0 Å². The molecular formula is C10H10FNO3. The second kappa shape index (κ2) is 4.54. The third-order valence-corrected chi connectivity index (χ3v) is 1.90. The largest absolute Gasteiger partial charge is 0.481 e. The Morgan fingerprint density at radius 2 is 2.00 bits per heavy atom. The second-order valence-electron chi connectivity index (χ2n) is 3.03. The lowest BCUT2D eigenvalue weighted by molar-refractivity contribution is -0.144. The summed E-state index contributed by atoms with van der Waals surface area (Å²) in [6, 6.07) is 5.57. The Labute approximate surface area is 85.7 Å². The van der Waals surface area contributed by atoms with Crippen molar-refractivity contribution in [3.05, 3.63) is 30.1 Å². The molecule has 0 aromatic heterocycles. The Morgan fingerprint density at radius 3 is 2.53 bits per heavy atom. The third-order valence-electron chi connectivity index (χ3n) is 1.90. The highest BCUT2D eigenvalue weighted by Gasteiger charge is 2.21. The Bertz CT molecular complexity index is 392. The molecule has 0 saturated carbocycles. The maximum absolute atomic E-state index is 13.1. The van der Waals surface area contributed by atoms with Gasteiger partial charge in [-0.25, -0.2) is 4.39 Å². The molecule has 0 saturated heterocycles. The summed E-state index contributed by atoms with van der Waals surface area (Å²) in [5.41, 5.74) is -0.0180. The van der Waals surface area contributed by atoms with Gasteiger partial charge in [0.1, 0.15) is 11.7 Å². The van der Waals surface area contributed by atoms with Crippen molar-refractivity contribution in [1.82, 2.24) is 0 Å². The van der Waals surface area contributed by atoms with E-state index in [0.29, 0.717) is 0 Å². The van der Waals surface area contributed by atoms with Crippen LogP contribution in [0.1, 0.15) is 6.92 Å². The van der Waals surface area contributed by atoms with Gasteiger partial charge in [0.2, 0.25) is 5.91 Å². The van der Waals surface area contributed by atoms with E-state index in [1.54, 1.807) is 6.07 Å². The summed E-state index contributed by atoms with van der Waals surface area (Å²) in [6.45, 7) is 1.23. The number of hydrogen-bond donors (Lipinski definition) is 2. The van der Waals surface area contributed by atoms with Gasteiger partial charge in [0, 0.05) is 0 Å². The van der Waals surface area contributed by atoms with E-state index in [9.17, 15) is 14.0 Å². The molecule has 2 N–H and O–H groups in total. The van der Waals surface area contributed by atoms with Crippen molar-refractivity contribution < 1.29 is 19.1 Å². The normalized spacial score (nSPS) is 11.9. The number of carboxylic acids is 1. The Morgan fingerprint density at radius 1 is 1.40 bits per heavy atom. The first-order valence-electron chi connectivity index (χ1n) is 4.30. The van der Waals surface area contributed by atoms with Crippen molar-refractivity contribution in [3.8, 4) is 0 Å². The van der Waals surface area contributed by atoms with E-state index in [1.807, 2.05) is 0 Å². The van der Waals surface area contributed by atoms with E-state index in [2.05, 4.69) is 5.32 Å². The lowest BCUT2D eigenvalue weighted by atomic mass is 10.1. The fourth-order valence-corrected chi connectivity index (χ4v) is 0.916. The molecule has 0 bridgehead atoms. The smallest absolute Gasteiger partial charge is 0.315 e. The molecule has 0 aliphatic rings.